The van der Waals surface area contributed by atoms with E-state index in [-0.39, 0.29) is 28.7 Å². The molecule has 0 saturated carbocycles. The van der Waals surface area contributed by atoms with Crippen molar-refractivity contribution in [1.29, 1.82) is 0 Å². The van der Waals surface area contributed by atoms with Gasteiger partial charge in [0.2, 0.25) is 5.95 Å². The summed E-state index contributed by atoms with van der Waals surface area (Å²) in [6.07, 6.45) is 0.876. The maximum atomic E-state index is 11.7. The highest BCUT2D eigenvalue weighted by molar-refractivity contribution is 6.34. The van der Waals surface area contributed by atoms with Gasteiger partial charge in [-0.3, -0.25) is 4.79 Å². The number of carbonyl (C=O) groups excluding carboxylic acids is 1. The lowest BCUT2D eigenvalue weighted by molar-refractivity contribution is 0.0997. The van der Waals surface area contributed by atoms with E-state index in [1.807, 2.05) is 0 Å². The predicted octanol–water partition coefficient (Wildman–Crippen LogP) is 2.60. The summed E-state index contributed by atoms with van der Waals surface area (Å²) >= 11 is 12.3. The molecule has 0 bridgehead atoms. The molecule has 1 aromatic heterocycles. The van der Waals surface area contributed by atoms with Gasteiger partial charge in [-0.1, -0.05) is 23.2 Å². The summed E-state index contributed by atoms with van der Waals surface area (Å²) in [5.74, 6) is 0.190. The Kier molecular flexibility index (Phi) is 6.47. The van der Waals surface area contributed by atoms with Crippen LogP contribution in [0.15, 0.2) is 12.3 Å². The van der Waals surface area contributed by atoms with Gasteiger partial charge in [-0.15, -0.1) is 0 Å². The molecule has 0 fully saturated rings. The van der Waals surface area contributed by atoms with Gasteiger partial charge in [-0.2, -0.15) is 4.98 Å². The van der Waals surface area contributed by atoms with Crippen molar-refractivity contribution in [2.24, 2.45) is 5.73 Å². The lowest BCUT2D eigenvalue weighted by atomic mass is 10.0. The average Bonchev–Trinajstić information content (AvgIpc) is 2.58. The molecule has 1 amide bonds. The summed E-state index contributed by atoms with van der Waals surface area (Å²) < 4.78 is 5.35. The van der Waals surface area contributed by atoms with Crippen molar-refractivity contribution in [1.82, 2.24) is 9.97 Å². The summed E-state index contributed by atoms with van der Waals surface area (Å²) in [5.41, 5.74) is 6.41. The highest BCUT2D eigenvalue weighted by Gasteiger charge is 2.23. The van der Waals surface area contributed by atoms with Gasteiger partial charge in [-0.25, -0.2) is 4.98 Å². The smallest absolute Gasteiger partial charge is 0.252 e. The molecule has 140 valence electrons. The molecule has 0 spiro atoms. The second kappa shape index (κ2) is 8.39. The number of carbonyl (C=O) groups is 1. The van der Waals surface area contributed by atoms with E-state index in [0.717, 1.165) is 0 Å². The summed E-state index contributed by atoms with van der Waals surface area (Å²) in [6, 6.07) is 1.39. The fourth-order valence-corrected chi connectivity index (χ4v) is 2.90. The van der Waals surface area contributed by atoms with Crippen LogP contribution in [0.25, 0.3) is 0 Å². The monoisotopic (exact) mass is 399 g/mol. The number of hydrogen-bond donors (Lipinski definition) is 4. The Labute approximate surface area is 160 Å². The van der Waals surface area contributed by atoms with Crippen LogP contribution < -0.4 is 21.1 Å². The number of aliphatic hydroxyl groups excluding tert-OH is 1. The normalized spacial score (nSPS) is 11.8. The first kappa shape index (κ1) is 20.0. The molecule has 0 aliphatic rings. The number of ether oxygens (including phenoxy) is 1. The largest absolute Gasteiger partial charge is 0.496 e. The molecule has 1 heterocycles. The Balaban J connectivity index is 2.61. The van der Waals surface area contributed by atoms with Crippen LogP contribution in [0.1, 0.15) is 22.8 Å². The number of nitrogens with one attached hydrogen (secondary N) is 2. The highest BCUT2D eigenvalue weighted by Crippen LogP contribution is 2.39. The number of aliphatic hydroxyl groups is 1. The molecular formula is C16H19Cl2N5O3. The second-order valence-corrected chi connectivity index (χ2v) is 6.29. The van der Waals surface area contributed by atoms with E-state index < -0.39 is 12.0 Å². The van der Waals surface area contributed by atoms with Crippen LogP contribution in [0.5, 0.6) is 5.75 Å². The topological polar surface area (TPSA) is 122 Å². The van der Waals surface area contributed by atoms with Crippen LogP contribution in [0, 0.1) is 0 Å². The number of rotatable bonds is 7. The number of nitrogens with two attached hydrogens (primary N) is 1. The Bertz CT molecular complexity index is 830. The zero-order chi connectivity index (χ0) is 19.4. The fraction of sp³-hybridized carbons (Fsp3) is 0.312. The van der Waals surface area contributed by atoms with Gasteiger partial charge in [0.15, 0.2) is 0 Å². The maximum absolute atomic E-state index is 11.7. The van der Waals surface area contributed by atoms with Crippen LogP contribution in [-0.4, -0.2) is 41.2 Å². The number of primary amides is 1. The quantitative estimate of drug-likeness (QED) is 0.564. The van der Waals surface area contributed by atoms with Crippen LogP contribution in [0.3, 0.4) is 0 Å². The average molecular weight is 400 g/mol. The molecule has 1 atom stereocenters. The second-order valence-electron chi connectivity index (χ2n) is 5.48. The molecule has 10 heteroatoms. The van der Waals surface area contributed by atoms with Gasteiger partial charge in [0.25, 0.3) is 5.91 Å². The molecule has 26 heavy (non-hydrogen) atoms. The van der Waals surface area contributed by atoms with Gasteiger partial charge in [0, 0.05) is 19.0 Å². The lowest BCUT2D eigenvalue weighted by Gasteiger charge is -2.20. The van der Waals surface area contributed by atoms with Crippen LogP contribution in [-0.2, 0) is 6.42 Å². The lowest BCUT2D eigenvalue weighted by Crippen LogP contribution is -2.17. The van der Waals surface area contributed by atoms with Crippen molar-refractivity contribution in [3.05, 3.63) is 33.4 Å². The van der Waals surface area contributed by atoms with E-state index in [0.29, 0.717) is 22.1 Å². The predicted molar refractivity (Wildman–Crippen MR) is 102 cm³/mol. The Hall–Kier alpha value is -2.29. The van der Waals surface area contributed by atoms with E-state index >= 15 is 0 Å². The third kappa shape index (κ3) is 4.27. The van der Waals surface area contributed by atoms with E-state index in [9.17, 15) is 9.90 Å². The number of methoxy groups -OCH3 is 1. The van der Waals surface area contributed by atoms with E-state index in [1.165, 1.54) is 19.4 Å². The highest BCUT2D eigenvalue weighted by atomic mass is 35.5. The third-order valence-electron chi connectivity index (χ3n) is 3.52. The van der Waals surface area contributed by atoms with Crippen molar-refractivity contribution in [3.63, 3.8) is 0 Å². The number of nitrogens with zero attached hydrogens (tertiary/aromatic N) is 2. The Morgan fingerprint density at radius 3 is 2.65 bits per heavy atom. The van der Waals surface area contributed by atoms with Crippen LogP contribution in [0.4, 0.5) is 17.5 Å². The molecule has 8 nitrogen and oxygen atoms in total. The molecule has 0 saturated heterocycles. The zero-order valence-corrected chi connectivity index (χ0v) is 15.9. The minimum absolute atomic E-state index is 0.117. The zero-order valence-electron chi connectivity index (χ0n) is 14.4. The maximum Gasteiger partial charge on any atom is 0.252 e. The number of aromatic nitrogens is 2. The molecule has 2 rings (SSSR count). The molecule has 5 N–H and O–H groups in total. The summed E-state index contributed by atoms with van der Waals surface area (Å²) in [6.45, 7) is 1.60. The van der Waals surface area contributed by atoms with E-state index in [2.05, 4.69) is 20.6 Å². The number of benzene rings is 1. The summed E-state index contributed by atoms with van der Waals surface area (Å²) in [4.78, 5) is 20.1. The van der Waals surface area contributed by atoms with Gasteiger partial charge in [0.05, 0.1) is 35.7 Å². The minimum Gasteiger partial charge on any atom is -0.496 e. The van der Waals surface area contributed by atoms with Crippen molar-refractivity contribution < 1.29 is 14.6 Å². The van der Waals surface area contributed by atoms with E-state index in [1.54, 1.807) is 14.0 Å². The SMILES string of the molecule is CNc1nc(Nc2c(Cl)cc(C(N)=O)c(OC)c2CC(C)O)ncc1Cl. The van der Waals surface area contributed by atoms with Crippen LogP contribution >= 0.6 is 23.2 Å². The molecular weight excluding hydrogens is 381 g/mol. The Morgan fingerprint density at radius 1 is 1.42 bits per heavy atom. The van der Waals surface area contributed by atoms with Crippen molar-refractivity contribution >= 4 is 46.6 Å². The van der Waals surface area contributed by atoms with Gasteiger partial charge in [-0.05, 0) is 13.0 Å². The van der Waals surface area contributed by atoms with Crippen molar-refractivity contribution in [2.75, 3.05) is 24.8 Å². The van der Waals surface area contributed by atoms with E-state index in [4.69, 9.17) is 33.7 Å². The van der Waals surface area contributed by atoms with Gasteiger partial charge < -0.3 is 26.2 Å². The summed E-state index contributed by atoms with van der Waals surface area (Å²) in [7, 11) is 3.08. The Morgan fingerprint density at radius 2 is 2.12 bits per heavy atom. The molecule has 0 radical (unpaired) electrons. The number of hydrogen-bond acceptors (Lipinski definition) is 7. The van der Waals surface area contributed by atoms with Crippen molar-refractivity contribution in [2.45, 2.75) is 19.4 Å². The molecule has 2 aromatic rings. The number of amides is 1. The third-order valence-corrected chi connectivity index (χ3v) is 4.09. The first-order valence-corrected chi connectivity index (χ1v) is 8.38. The number of halogens is 2. The van der Waals surface area contributed by atoms with Crippen LogP contribution in [0.2, 0.25) is 10.0 Å². The minimum atomic E-state index is -0.720. The molecule has 0 aliphatic heterocycles. The fourth-order valence-electron chi connectivity index (χ4n) is 2.44. The van der Waals surface area contributed by atoms with Gasteiger partial charge in [0.1, 0.15) is 16.6 Å². The first-order chi connectivity index (χ1) is 12.3. The molecule has 1 unspecified atom stereocenters. The molecule has 1 aromatic carbocycles. The van der Waals surface area contributed by atoms with Crippen molar-refractivity contribution in [3.8, 4) is 5.75 Å². The number of anilines is 3. The summed E-state index contributed by atoms with van der Waals surface area (Å²) in [5, 5.41) is 16.3. The standard InChI is InChI=1S/C16H19Cl2N5O3/c1-7(24)4-8-12(10(17)5-9(14(19)25)13(8)26-3)22-16-21-6-11(18)15(20-2)23-16/h5-7,24H,4H2,1-3H3,(H2,19,25)(H2,20,21,22,23). The molecule has 0 aliphatic carbocycles. The first-order valence-electron chi connectivity index (χ1n) is 7.63. The van der Waals surface area contributed by atoms with Gasteiger partial charge >= 0.3 is 0 Å².